The number of carbonyl (C=O) groups is 1. The van der Waals surface area contributed by atoms with Crippen LogP contribution in [0.5, 0.6) is 0 Å². The monoisotopic (exact) mass is 323 g/mol. The molecular formula is C17H14FN5O. The van der Waals surface area contributed by atoms with Crippen molar-refractivity contribution in [3.8, 4) is 5.82 Å². The quantitative estimate of drug-likeness (QED) is 0.800. The summed E-state index contributed by atoms with van der Waals surface area (Å²) < 4.78 is 15.6. The second kappa shape index (κ2) is 5.52. The Morgan fingerprint density at radius 2 is 2.04 bits per heavy atom. The van der Waals surface area contributed by atoms with Gasteiger partial charge in [0.05, 0.1) is 5.41 Å². The highest BCUT2D eigenvalue weighted by Gasteiger charge is 2.52. The Morgan fingerprint density at radius 1 is 1.21 bits per heavy atom. The predicted octanol–water partition coefficient (Wildman–Crippen LogP) is 2.47. The molecule has 0 unspecified atom stereocenters. The molecule has 0 bridgehead atoms. The van der Waals surface area contributed by atoms with Crippen molar-refractivity contribution < 1.29 is 9.18 Å². The number of amides is 1. The van der Waals surface area contributed by atoms with E-state index < -0.39 is 5.41 Å². The van der Waals surface area contributed by atoms with Crippen molar-refractivity contribution in [2.75, 3.05) is 5.32 Å². The molecule has 1 N–H and O–H groups in total. The molecule has 0 saturated heterocycles. The maximum absolute atomic E-state index is 14.0. The molecule has 24 heavy (non-hydrogen) atoms. The third kappa shape index (κ3) is 2.44. The Labute approximate surface area is 137 Å². The molecule has 0 spiro atoms. The summed E-state index contributed by atoms with van der Waals surface area (Å²) in [5.74, 6) is 0.416. The zero-order chi connectivity index (χ0) is 16.6. The molecule has 4 rings (SSSR count). The number of rotatable bonds is 4. The summed E-state index contributed by atoms with van der Waals surface area (Å²) in [6.45, 7) is 0. The smallest absolute Gasteiger partial charge is 0.236 e. The van der Waals surface area contributed by atoms with Crippen LogP contribution in [0.4, 0.5) is 10.2 Å². The topological polar surface area (TPSA) is 72.7 Å². The van der Waals surface area contributed by atoms with Crippen molar-refractivity contribution in [2.24, 2.45) is 0 Å². The van der Waals surface area contributed by atoms with Gasteiger partial charge in [0, 0.05) is 30.1 Å². The van der Waals surface area contributed by atoms with Crippen LogP contribution < -0.4 is 5.32 Å². The lowest BCUT2D eigenvalue weighted by atomic mass is 9.94. The minimum atomic E-state index is -0.788. The van der Waals surface area contributed by atoms with E-state index in [9.17, 15) is 9.18 Å². The number of nitrogens with one attached hydrogen (secondary N) is 1. The summed E-state index contributed by atoms with van der Waals surface area (Å²) in [6, 6.07) is 9.80. The number of carbonyl (C=O) groups excluding carboxylic acids is 1. The van der Waals surface area contributed by atoms with Gasteiger partial charge in [0.2, 0.25) is 5.91 Å². The highest BCUT2D eigenvalue weighted by molar-refractivity contribution is 6.00. The maximum atomic E-state index is 14.0. The second-order valence-electron chi connectivity index (χ2n) is 5.73. The van der Waals surface area contributed by atoms with Gasteiger partial charge < -0.3 is 5.32 Å². The van der Waals surface area contributed by atoms with Gasteiger partial charge in [-0.05, 0) is 18.9 Å². The lowest BCUT2D eigenvalue weighted by Gasteiger charge is -2.15. The van der Waals surface area contributed by atoms with Gasteiger partial charge in [0.25, 0.3) is 0 Å². The molecule has 2 aromatic heterocycles. The van der Waals surface area contributed by atoms with Gasteiger partial charge in [-0.15, -0.1) is 5.10 Å². The summed E-state index contributed by atoms with van der Waals surface area (Å²) in [5.41, 5.74) is -0.345. The molecule has 2 heterocycles. The number of halogens is 1. The van der Waals surface area contributed by atoms with Crippen LogP contribution in [-0.4, -0.2) is 25.7 Å². The number of hydrogen-bond donors (Lipinski definition) is 1. The average molecular weight is 323 g/mol. The van der Waals surface area contributed by atoms with E-state index >= 15 is 0 Å². The normalized spacial score (nSPS) is 15.0. The van der Waals surface area contributed by atoms with E-state index in [-0.39, 0.29) is 11.7 Å². The first kappa shape index (κ1) is 14.5. The van der Waals surface area contributed by atoms with Crippen molar-refractivity contribution in [1.82, 2.24) is 19.7 Å². The first-order valence-electron chi connectivity index (χ1n) is 7.58. The van der Waals surface area contributed by atoms with Crippen LogP contribution in [0.2, 0.25) is 0 Å². The van der Waals surface area contributed by atoms with E-state index in [1.807, 2.05) is 0 Å². The molecule has 6 nitrogen and oxygen atoms in total. The fraction of sp³-hybridized carbons (Fsp3) is 0.176. The number of hydrogen-bond acceptors (Lipinski definition) is 4. The van der Waals surface area contributed by atoms with Gasteiger partial charge in [0.1, 0.15) is 12.1 Å². The van der Waals surface area contributed by atoms with Gasteiger partial charge in [-0.25, -0.2) is 19.0 Å². The summed E-state index contributed by atoms with van der Waals surface area (Å²) in [6.07, 6.45) is 5.99. The van der Waals surface area contributed by atoms with Gasteiger partial charge in [-0.1, -0.05) is 18.2 Å². The van der Waals surface area contributed by atoms with Crippen LogP contribution in [0.3, 0.4) is 0 Å². The minimum Gasteiger partial charge on any atom is -0.308 e. The summed E-state index contributed by atoms with van der Waals surface area (Å²) in [4.78, 5) is 20.6. The molecule has 1 aromatic carbocycles. The van der Waals surface area contributed by atoms with Crippen LogP contribution >= 0.6 is 0 Å². The Bertz CT molecular complexity index is 889. The zero-order valence-corrected chi connectivity index (χ0v) is 12.7. The van der Waals surface area contributed by atoms with Crippen molar-refractivity contribution in [2.45, 2.75) is 18.3 Å². The first-order valence-corrected chi connectivity index (χ1v) is 7.58. The van der Waals surface area contributed by atoms with Gasteiger partial charge in [0.15, 0.2) is 11.6 Å². The number of nitrogens with zero attached hydrogens (tertiary/aromatic N) is 4. The largest absolute Gasteiger partial charge is 0.308 e. The highest BCUT2D eigenvalue weighted by Crippen LogP contribution is 2.49. The molecule has 1 saturated carbocycles. The lowest BCUT2D eigenvalue weighted by Crippen LogP contribution is -2.29. The average Bonchev–Trinajstić information content (AvgIpc) is 3.29. The molecule has 1 aliphatic rings. The van der Waals surface area contributed by atoms with E-state index in [1.54, 1.807) is 47.4 Å². The van der Waals surface area contributed by atoms with Crippen molar-refractivity contribution in [3.63, 3.8) is 0 Å². The molecule has 1 fully saturated rings. The van der Waals surface area contributed by atoms with Gasteiger partial charge >= 0.3 is 0 Å². The van der Waals surface area contributed by atoms with Crippen molar-refractivity contribution >= 4 is 11.7 Å². The molecule has 3 aromatic rings. The highest BCUT2D eigenvalue weighted by atomic mass is 19.1. The molecule has 0 aliphatic heterocycles. The Kier molecular flexibility index (Phi) is 3.34. The van der Waals surface area contributed by atoms with Crippen LogP contribution in [0.1, 0.15) is 18.4 Å². The third-order valence-electron chi connectivity index (χ3n) is 4.21. The van der Waals surface area contributed by atoms with Crippen molar-refractivity contribution in [1.29, 1.82) is 0 Å². The zero-order valence-electron chi connectivity index (χ0n) is 12.7. The summed E-state index contributed by atoms with van der Waals surface area (Å²) in [5, 5.41) is 7.06. The number of aromatic nitrogens is 4. The molecule has 0 atom stereocenters. The van der Waals surface area contributed by atoms with Gasteiger partial charge in [-0.3, -0.25) is 4.79 Å². The summed E-state index contributed by atoms with van der Waals surface area (Å²) in [7, 11) is 0. The molecular weight excluding hydrogens is 309 g/mol. The molecule has 1 amide bonds. The van der Waals surface area contributed by atoms with Gasteiger partial charge in [-0.2, -0.15) is 0 Å². The Hall–Kier alpha value is -3.09. The predicted molar refractivity (Wildman–Crippen MR) is 85.1 cm³/mol. The third-order valence-corrected chi connectivity index (χ3v) is 4.21. The second-order valence-corrected chi connectivity index (χ2v) is 5.73. The SMILES string of the molecule is O=C(Nc1ccn(-c2ccncn2)n1)C1(c2ccccc2F)CC1. The van der Waals surface area contributed by atoms with E-state index in [0.717, 1.165) is 0 Å². The molecule has 0 radical (unpaired) electrons. The fourth-order valence-corrected chi connectivity index (χ4v) is 2.77. The van der Waals surface area contributed by atoms with E-state index in [4.69, 9.17) is 0 Å². The van der Waals surface area contributed by atoms with Crippen LogP contribution in [0, 0.1) is 5.82 Å². The van der Waals surface area contributed by atoms with E-state index in [1.165, 1.54) is 12.4 Å². The fourth-order valence-electron chi connectivity index (χ4n) is 2.77. The number of benzene rings is 1. The lowest BCUT2D eigenvalue weighted by molar-refractivity contribution is -0.118. The van der Waals surface area contributed by atoms with Crippen molar-refractivity contribution in [3.05, 3.63) is 66.5 Å². The maximum Gasteiger partial charge on any atom is 0.236 e. The molecule has 120 valence electrons. The Balaban J connectivity index is 1.55. The first-order chi connectivity index (χ1) is 11.7. The minimum absolute atomic E-state index is 0.236. The number of anilines is 1. The Morgan fingerprint density at radius 3 is 2.75 bits per heavy atom. The van der Waals surface area contributed by atoms with Crippen LogP contribution in [0.15, 0.2) is 55.1 Å². The standard InChI is InChI=1S/C17H14FN5O/c18-13-4-2-1-3-12(13)17(7-8-17)16(24)21-14-6-10-23(22-14)15-5-9-19-11-20-15/h1-6,9-11H,7-8H2,(H,21,22,24). The van der Waals surface area contributed by atoms with E-state index in [2.05, 4.69) is 20.4 Å². The molecule has 7 heteroatoms. The van der Waals surface area contributed by atoms with Crippen LogP contribution in [-0.2, 0) is 10.2 Å². The summed E-state index contributed by atoms with van der Waals surface area (Å²) >= 11 is 0. The van der Waals surface area contributed by atoms with E-state index in [0.29, 0.717) is 30.0 Å². The molecule has 1 aliphatic carbocycles. The van der Waals surface area contributed by atoms with Crippen LogP contribution in [0.25, 0.3) is 5.82 Å².